The summed E-state index contributed by atoms with van der Waals surface area (Å²) >= 11 is 0. The molecule has 3 rings (SSSR count). The van der Waals surface area contributed by atoms with E-state index in [1.165, 1.54) is 33.3 Å². The highest BCUT2D eigenvalue weighted by atomic mass is 16.5. The first-order valence-corrected chi connectivity index (χ1v) is 11.9. The number of rotatable bonds is 10. The van der Waals surface area contributed by atoms with Crippen LogP contribution in [0.5, 0.6) is 11.5 Å². The molecule has 198 valence electrons. The quantitative estimate of drug-likeness (QED) is 0.218. The molecule has 0 saturated heterocycles. The Labute approximate surface area is 215 Å². The van der Waals surface area contributed by atoms with Gasteiger partial charge in [-0.05, 0) is 17.9 Å². The summed E-state index contributed by atoms with van der Waals surface area (Å²) in [5.41, 5.74) is 1.04. The number of hydrogen-bond donors (Lipinski definition) is 0. The molecule has 0 bridgehead atoms. The summed E-state index contributed by atoms with van der Waals surface area (Å²) in [4.78, 5) is 45.7. The molecule has 0 unspecified atom stereocenters. The number of esters is 3. The Morgan fingerprint density at radius 2 is 1.19 bits per heavy atom. The van der Waals surface area contributed by atoms with Crippen molar-refractivity contribution in [3.05, 3.63) is 35.2 Å². The zero-order valence-electron chi connectivity index (χ0n) is 22.2. The first-order chi connectivity index (χ1) is 17.5. The van der Waals surface area contributed by atoms with E-state index in [0.717, 1.165) is 0 Å². The fourth-order valence-corrected chi connectivity index (χ4v) is 3.54. The second-order valence-electron chi connectivity index (χ2n) is 9.33. The van der Waals surface area contributed by atoms with Crippen LogP contribution in [0.1, 0.15) is 61.2 Å². The van der Waals surface area contributed by atoms with Gasteiger partial charge in [0.1, 0.15) is 18.1 Å². The topological polar surface area (TPSA) is 123 Å². The minimum atomic E-state index is -0.660. The normalized spacial score (nSPS) is 11.2. The van der Waals surface area contributed by atoms with Gasteiger partial charge in [-0.3, -0.25) is 4.79 Å². The molecule has 0 fully saturated rings. The van der Waals surface area contributed by atoms with Crippen LogP contribution in [0.4, 0.5) is 0 Å². The Kier molecular flexibility index (Phi) is 8.86. The standard InChI is InChI=1S/C27H32N2O8/c1-14(2)11-36-22-9-20(26(31)33-6)28-24-17(22)8-18-23(37-12-15(3)4)10-21(27(32)34-7)29-25(18)19(24)13-35-16(5)30/h8-10,14-15H,11-13H2,1-7H3. The Bertz CT molecular complexity index is 1240. The Morgan fingerprint density at radius 3 is 1.54 bits per heavy atom. The number of nitrogens with zero attached hydrogens (tertiary/aromatic N) is 2. The molecule has 0 spiro atoms. The van der Waals surface area contributed by atoms with Crippen LogP contribution in [0, 0.1) is 11.8 Å². The number of pyridine rings is 2. The van der Waals surface area contributed by atoms with Crippen LogP contribution in [0.2, 0.25) is 0 Å². The number of ether oxygens (including phenoxy) is 5. The number of fused-ring (bicyclic) bond motifs is 2. The van der Waals surface area contributed by atoms with Crippen molar-refractivity contribution in [3.63, 3.8) is 0 Å². The van der Waals surface area contributed by atoms with Crippen molar-refractivity contribution in [2.24, 2.45) is 11.8 Å². The molecular weight excluding hydrogens is 480 g/mol. The summed E-state index contributed by atoms with van der Waals surface area (Å²) < 4.78 is 27.3. The van der Waals surface area contributed by atoms with E-state index in [4.69, 9.17) is 23.7 Å². The SMILES string of the molecule is COC(=O)c1cc(OCC(C)C)c2cc3c(OCC(C)C)cc(C(=O)OC)nc3c(COC(C)=O)c2n1. The van der Waals surface area contributed by atoms with E-state index in [0.29, 0.717) is 52.1 Å². The molecule has 0 atom stereocenters. The van der Waals surface area contributed by atoms with Crippen molar-refractivity contribution in [3.8, 4) is 11.5 Å². The fourth-order valence-electron chi connectivity index (χ4n) is 3.54. The maximum absolute atomic E-state index is 12.5. The van der Waals surface area contributed by atoms with Crippen LogP contribution in [0.25, 0.3) is 21.8 Å². The molecule has 0 amide bonds. The second-order valence-corrected chi connectivity index (χ2v) is 9.33. The number of carbonyl (C=O) groups is 3. The molecule has 0 aliphatic carbocycles. The fraction of sp³-hybridized carbons (Fsp3) is 0.444. The van der Waals surface area contributed by atoms with Gasteiger partial charge in [-0.25, -0.2) is 19.6 Å². The van der Waals surface area contributed by atoms with E-state index < -0.39 is 17.9 Å². The number of benzene rings is 1. The molecule has 2 heterocycles. The molecule has 0 aliphatic heterocycles. The molecule has 0 aliphatic rings. The van der Waals surface area contributed by atoms with Gasteiger partial charge in [-0.1, -0.05) is 27.7 Å². The zero-order chi connectivity index (χ0) is 27.3. The van der Waals surface area contributed by atoms with E-state index in [1.807, 2.05) is 27.7 Å². The highest BCUT2D eigenvalue weighted by molar-refractivity contribution is 6.06. The van der Waals surface area contributed by atoms with Crippen LogP contribution in [-0.4, -0.2) is 55.3 Å². The molecule has 0 radical (unpaired) electrons. The molecule has 0 N–H and O–H groups in total. The van der Waals surface area contributed by atoms with Crippen molar-refractivity contribution < 1.29 is 38.1 Å². The Morgan fingerprint density at radius 1 is 0.757 bits per heavy atom. The monoisotopic (exact) mass is 512 g/mol. The van der Waals surface area contributed by atoms with Crippen molar-refractivity contribution >= 4 is 39.7 Å². The summed E-state index contributed by atoms with van der Waals surface area (Å²) in [6, 6.07) is 4.82. The summed E-state index contributed by atoms with van der Waals surface area (Å²) in [7, 11) is 2.51. The van der Waals surface area contributed by atoms with Gasteiger partial charge in [-0.2, -0.15) is 0 Å². The van der Waals surface area contributed by atoms with Crippen molar-refractivity contribution in [2.45, 2.75) is 41.2 Å². The minimum Gasteiger partial charge on any atom is -0.493 e. The first kappa shape index (κ1) is 27.6. The van der Waals surface area contributed by atoms with Crippen molar-refractivity contribution in [1.82, 2.24) is 9.97 Å². The maximum Gasteiger partial charge on any atom is 0.356 e. The van der Waals surface area contributed by atoms with Crippen molar-refractivity contribution in [1.29, 1.82) is 0 Å². The zero-order valence-corrected chi connectivity index (χ0v) is 22.2. The highest BCUT2D eigenvalue weighted by Crippen LogP contribution is 2.38. The van der Waals surface area contributed by atoms with Crippen LogP contribution < -0.4 is 9.47 Å². The summed E-state index contributed by atoms with van der Waals surface area (Å²) in [5, 5.41) is 1.12. The molecule has 1 aromatic carbocycles. The lowest BCUT2D eigenvalue weighted by atomic mass is 10.0. The summed E-state index contributed by atoms with van der Waals surface area (Å²) in [5.74, 6) is -0.626. The third-order valence-corrected chi connectivity index (χ3v) is 5.25. The number of carbonyl (C=O) groups excluding carboxylic acids is 3. The molecule has 3 aromatic rings. The van der Waals surface area contributed by atoms with E-state index >= 15 is 0 Å². The van der Waals surface area contributed by atoms with E-state index in [1.54, 1.807) is 6.07 Å². The minimum absolute atomic E-state index is 0.0117. The van der Waals surface area contributed by atoms with Crippen LogP contribution in [0.3, 0.4) is 0 Å². The van der Waals surface area contributed by atoms with Crippen LogP contribution in [0.15, 0.2) is 18.2 Å². The molecule has 0 saturated carbocycles. The lowest BCUT2D eigenvalue weighted by molar-refractivity contribution is -0.142. The maximum atomic E-state index is 12.5. The lowest BCUT2D eigenvalue weighted by Gasteiger charge is -2.18. The van der Waals surface area contributed by atoms with Crippen LogP contribution in [-0.2, 0) is 25.6 Å². The van der Waals surface area contributed by atoms with Gasteiger partial charge in [0.2, 0.25) is 0 Å². The smallest absolute Gasteiger partial charge is 0.356 e. The van der Waals surface area contributed by atoms with E-state index in [-0.39, 0.29) is 29.8 Å². The molecule has 2 aromatic heterocycles. The molecule has 10 nitrogen and oxygen atoms in total. The first-order valence-electron chi connectivity index (χ1n) is 11.9. The summed E-state index contributed by atoms with van der Waals surface area (Å²) in [6.07, 6.45) is 0. The van der Waals surface area contributed by atoms with Gasteiger partial charge in [0.05, 0.1) is 38.5 Å². The van der Waals surface area contributed by atoms with Crippen molar-refractivity contribution in [2.75, 3.05) is 27.4 Å². The number of methoxy groups -OCH3 is 2. The average molecular weight is 513 g/mol. The third kappa shape index (κ3) is 6.44. The predicted molar refractivity (Wildman–Crippen MR) is 136 cm³/mol. The average Bonchev–Trinajstić information content (AvgIpc) is 2.86. The van der Waals surface area contributed by atoms with E-state index in [2.05, 4.69) is 9.97 Å². The number of hydrogen-bond acceptors (Lipinski definition) is 10. The van der Waals surface area contributed by atoms with Gasteiger partial charge in [0.25, 0.3) is 0 Å². The molecule has 37 heavy (non-hydrogen) atoms. The molecule has 10 heteroatoms. The third-order valence-electron chi connectivity index (χ3n) is 5.25. The largest absolute Gasteiger partial charge is 0.493 e. The second kappa shape index (κ2) is 11.9. The summed E-state index contributed by atoms with van der Waals surface area (Å²) in [6.45, 7) is 9.84. The Balaban J connectivity index is 2.46. The Hall–Kier alpha value is -3.95. The van der Waals surface area contributed by atoms with Gasteiger partial charge >= 0.3 is 17.9 Å². The van der Waals surface area contributed by atoms with Crippen LogP contribution >= 0.6 is 0 Å². The van der Waals surface area contributed by atoms with Gasteiger partial charge in [-0.15, -0.1) is 0 Å². The predicted octanol–water partition coefficient (Wildman–Crippen LogP) is 4.49. The highest BCUT2D eigenvalue weighted by Gasteiger charge is 2.23. The lowest BCUT2D eigenvalue weighted by Crippen LogP contribution is -2.12. The van der Waals surface area contributed by atoms with Gasteiger partial charge in [0, 0.05) is 35.4 Å². The van der Waals surface area contributed by atoms with Gasteiger partial charge in [0.15, 0.2) is 11.4 Å². The molecular formula is C27H32N2O8. The van der Waals surface area contributed by atoms with E-state index in [9.17, 15) is 14.4 Å². The van der Waals surface area contributed by atoms with Gasteiger partial charge < -0.3 is 23.7 Å². The number of aromatic nitrogens is 2.